The van der Waals surface area contributed by atoms with Gasteiger partial charge in [-0.15, -0.1) is 0 Å². The van der Waals surface area contributed by atoms with Crippen molar-refractivity contribution in [2.45, 2.75) is 52.7 Å². The van der Waals surface area contributed by atoms with Gasteiger partial charge in [0.1, 0.15) is 11.4 Å². The van der Waals surface area contributed by atoms with Gasteiger partial charge in [-0.05, 0) is 76.9 Å². The summed E-state index contributed by atoms with van der Waals surface area (Å²) in [5.41, 5.74) is 0.458. The van der Waals surface area contributed by atoms with Crippen LogP contribution in [-0.4, -0.2) is 34.0 Å². The molecule has 0 unspecified atom stereocenters. The maximum Gasteiger partial charge on any atom is 0.482 e. The van der Waals surface area contributed by atoms with E-state index in [1.165, 1.54) is 0 Å². The topological polar surface area (TPSA) is 79.2 Å². The third kappa shape index (κ3) is 6.37. The predicted molar refractivity (Wildman–Crippen MR) is 104 cm³/mol. The summed E-state index contributed by atoms with van der Waals surface area (Å²) in [6.45, 7) is 11.2. The van der Waals surface area contributed by atoms with Crippen molar-refractivity contribution in [2.24, 2.45) is 0 Å². The van der Waals surface area contributed by atoms with Gasteiger partial charge in [0.05, 0.1) is 5.60 Å². The highest BCUT2D eigenvalue weighted by Crippen LogP contribution is 2.37. The lowest BCUT2D eigenvalue weighted by Crippen LogP contribution is -2.49. The van der Waals surface area contributed by atoms with E-state index >= 15 is 0 Å². The number of hydrogen-bond acceptors (Lipinski definition) is 5. The van der Waals surface area contributed by atoms with E-state index in [0.717, 1.165) is 16.9 Å². The molecule has 0 aromatic heterocycles. The Morgan fingerprint density at radius 1 is 0.846 bits per heavy atom. The van der Waals surface area contributed by atoms with E-state index in [2.05, 4.69) is 0 Å². The molecule has 1 radical (unpaired) electrons. The largest absolute Gasteiger partial charge is 0.482 e. The van der Waals surface area contributed by atoms with Crippen molar-refractivity contribution in [2.75, 3.05) is 0 Å². The summed E-state index contributed by atoms with van der Waals surface area (Å²) in [5, 5.41) is 24.3. The summed E-state index contributed by atoms with van der Waals surface area (Å²) >= 11 is 0. The van der Waals surface area contributed by atoms with Crippen molar-refractivity contribution in [1.82, 2.24) is 0 Å². The molecule has 26 heavy (non-hydrogen) atoms. The lowest BCUT2D eigenvalue weighted by molar-refractivity contribution is -0.0913. The molecule has 0 aliphatic heterocycles. The van der Waals surface area contributed by atoms with E-state index in [4.69, 9.17) is 19.5 Å². The second kappa shape index (κ2) is 9.08. The monoisotopic (exact) mass is 359 g/mol. The van der Waals surface area contributed by atoms with Crippen LogP contribution in [0.3, 0.4) is 0 Å². The molecule has 0 aliphatic carbocycles. The van der Waals surface area contributed by atoms with Crippen LogP contribution in [0.2, 0.25) is 0 Å². The average molecular weight is 359 g/mol. The molecule has 2 aromatic rings. The molecule has 2 rings (SSSR count). The molecule has 0 fully saturated rings. The fourth-order valence-electron chi connectivity index (χ4n) is 1.98. The van der Waals surface area contributed by atoms with Gasteiger partial charge in [0.2, 0.25) is 0 Å². The summed E-state index contributed by atoms with van der Waals surface area (Å²) in [5.74, 6) is 2.02. The Kier molecular flexibility index (Phi) is 7.69. The minimum Gasteiger partial charge on any atom is -0.481 e. The predicted octanol–water partition coefficient (Wildman–Crippen LogP) is 3.53. The van der Waals surface area contributed by atoms with Gasteiger partial charge in [-0.1, -0.05) is 18.2 Å². The van der Waals surface area contributed by atoms with Crippen LogP contribution in [0.25, 0.3) is 0 Å². The fourth-order valence-corrected chi connectivity index (χ4v) is 1.98. The molecular weight excluding hydrogens is 331 g/mol. The Morgan fingerprint density at radius 2 is 1.42 bits per heavy atom. The SMILES string of the molecule is Cc1cccc(Oc2ccc(C)cc2OC(C)(C)C(C)(C)O)c1.O[B]O. The Labute approximate surface area is 156 Å². The van der Waals surface area contributed by atoms with Crippen molar-refractivity contribution in [3.63, 3.8) is 0 Å². The lowest BCUT2D eigenvalue weighted by atomic mass is 9.89. The number of aryl methyl sites for hydroxylation is 2. The number of benzene rings is 2. The van der Waals surface area contributed by atoms with Crippen LogP contribution in [0.15, 0.2) is 42.5 Å². The average Bonchev–Trinajstić information content (AvgIpc) is 2.49. The third-order valence-corrected chi connectivity index (χ3v) is 4.16. The number of aliphatic hydroxyl groups is 1. The third-order valence-electron chi connectivity index (χ3n) is 4.16. The van der Waals surface area contributed by atoms with Gasteiger partial charge in [-0.2, -0.15) is 0 Å². The first-order valence-corrected chi connectivity index (χ1v) is 8.37. The molecule has 3 N–H and O–H groups in total. The van der Waals surface area contributed by atoms with E-state index in [-0.39, 0.29) is 7.69 Å². The Hall–Kier alpha value is -2.02. The molecule has 6 heteroatoms. The molecule has 2 aromatic carbocycles. The van der Waals surface area contributed by atoms with E-state index in [9.17, 15) is 5.11 Å². The van der Waals surface area contributed by atoms with Crippen LogP contribution >= 0.6 is 0 Å². The highest BCUT2D eigenvalue weighted by atomic mass is 16.5. The Bertz CT molecular complexity index is 708. The second-order valence-electron chi connectivity index (χ2n) is 7.16. The van der Waals surface area contributed by atoms with E-state index < -0.39 is 11.2 Å². The standard InChI is InChI=1S/C20H26O3.BH2O2/c1-14-8-7-9-16(12-14)22-17-11-10-15(2)13-18(17)23-20(5,6)19(3,4)21;2-1-3/h7-13,21H,1-6H3;2-3H. The molecule has 0 aliphatic rings. The van der Waals surface area contributed by atoms with Gasteiger partial charge in [0, 0.05) is 0 Å². The molecule has 0 spiro atoms. The van der Waals surface area contributed by atoms with E-state index in [1.54, 1.807) is 13.8 Å². The maximum atomic E-state index is 10.3. The zero-order valence-electron chi connectivity index (χ0n) is 16.3. The minimum absolute atomic E-state index is 0. The summed E-state index contributed by atoms with van der Waals surface area (Å²) in [6.07, 6.45) is 0. The molecule has 0 amide bonds. The Balaban J connectivity index is 0.00000105. The number of hydrogen-bond donors (Lipinski definition) is 3. The van der Waals surface area contributed by atoms with Gasteiger partial charge in [-0.25, -0.2) is 0 Å². The summed E-state index contributed by atoms with van der Waals surface area (Å²) in [6, 6.07) is 13.7. The zero-order valence-corrected chi connectivity index (χ0v) is 16.3. The fraction of sp³-hybridized carbons (Fsp3) is 0.400. The number of rotatable bonds is 5. The molecule has 0 saturated heterocycles. The highest BCUT2D eigenvalue weighted by molar-refractivity contribution is 6.13. The maximum absolute atomic E-state index is 10.3. The quantitative estimate of drug-likeness (QED) is 0.712. The first kappa shape index (κ1) is 22.0. The van der Waals surface area contributed by atoms with Crippen LogP contribution in [0.4, 0.5) is 0 Å². The second-order valence-corrected chi connectivity index (χ2v) is 7.16. The van der Waals surface area contributed by atoms with Gasteiger partial charge < -0.3 is 24.6 Å². The molecule has 0 heterocycles. The molecule has 141 valence electrons. The van der Waals surface area contributed by atoms with Crippen molar-refractivity contribution < 1.29 is 24.6 Å². The van der Waals surface area contributed by atoms with Crippen LogP contribution in [0.1, 0.15) is 38.8 Å². The molecule has 0 saturated carbocycles. The lowest BCUT2D eigenvalue weighted by Gasteiger charge is -2.37. The van der Waals surface area contributed by atoms with E-state index in [1.807, 2.05) is 70.2 Å². The van der Waals surface area contributed by atoms with E-state index in [0.29, 0.717) is 11.5 Å². The van der Waals surface area contributed by atoms with Gasteiger partial charge in [0.15, 0.2) is 11.5 Å². The first-order valence-electron chi connectivity index (χ1n) is 8.37. The summed E-state index contributed by atoms with van der Waals surface area (Å²) in [4.78, 5) is 0. The van der Waals surface area contributed by atoms with Crippen molar-refractivity contribution in [3.8, 4) is 17.2 Å². The zero-order chi connectivity index (χ0) is 20.0. The van der Waals surface area contributed by atoms with Crippen molar-refractivity contribution in [1.29, 1.82) is 0 Å². The normalized spacial score (nSPS) is 11.3. The molecule has 0 bridgehead atoms. The van der Waals surface area contributed by atoms with Crippen LogP contribution in [0, 0.1) is 13.8 Å². The van der Waals surface area contributed by atoms with Crippen LogP contribution < -0.4 is 9.47 Å². The van der Waals surface area contributed by atoms with Gasteiger partial charge in [-0.3, -0.25) is 0 Å². The van der Waals surface area contributed by atoms with Crippen molar-refractivity contribution in [3.05, 3.63) is 53.6 Å². The summed E-state index contributed by atoms with van der Waals surface area (Å²) in [7, 11) is 0. The minimum atomic E-state index is -0.989. The van der Waals surface area contributed by atoms with Gasteiger partial charge in [0.25, 0.3) is 0 Å². The van der Waals surface area contributed by atoms with Crippen LogP contribution in [0.5, 0.6) is 17.2 Å². The summed E-state index contributed by atoms with van der Waals surface area (Å²) < 4.78 is 12.1. The first-order chi connectivity index (χ1) is 12.0. The smallest absolute Gasteiger partial charge is 0.481 e. The number of ether oxygens (including phenoxy) is 2. The highest BCUT2D eigenvalue weighted by Gasteiger charge is 2.38. The van der Waals surface area contributed by atoms with Gasteiger partial charge >= 0.3 is 7.69 Å². The molecule has 0 atom stereocenters. The van der Waals surface area contributed by atoms with Crippen LogP contribution in [-0.2, 0) is 0 Å². The molecular formula is C20H28BO5. The molecule has 5 nitrogen and oxygen atoms in total. The van der Waals surface area contributed by atoms with Crippen molar-refractivity contribution >= 4 is 7.69 Å². The Morgan fingerprint density at radius 3 is 1.96 bits per heavy atom.